The molecule has 0 radical (unpaired) electrons. The zero-order chi connectivity index (χ0) is 12.7. The van der Waals surface area contributed by atoms with Crippen molar-refractivity contribution in [2.24, 2.45) is 7.05 Å². The molecule has 94 valence electrons. The van der Waals surface area contributed by atoms with Crippen LogP contribution in [0.3, 0.4) is 0 Å². The number of nitrogens with zero attached hydrogens (tertiary/aromatic N) is 2. The summed E-state index contributed by atoms with van der Waals surface area (Å²) in [5.74, 6) is 0. The molecule has 3 heterocycles. The van der Waals surface area contributed by atoms with Gasteiger partial charge in [-0.1, -0.05) is 0 Å². The fraction of sp³-hybridized carbons (Fsp3) is 0.250. The van der Waals surface area contributed by atoms with Crippen LogP contribution in [-0.4, -0.2) is 16.8 Å². The number of nitrogens with one attached hydrogen (secondary N) is 1. The summed E-state index contributed by atoms with van der Waals surface area (Å²) < 4.78 is 5.67. The highest BCUT2D eigenvalue weighted by atomic mass is 79.9. The number of fused-ring (bicyclic) bond motifs is 1. The van der Waals surface area contributed by atoms with E-state index in [1.807, 2.05) is 36.3 Å². The molecule has 0 fully saturated rings. The lowest BCUT2D eigenvalue weighted by atomic mass is 10.2. The van der Waals surface area contributed by atoms with Crippen molar-refractivity contribution in [3.8, 4) is 0 Å². The van der Waals surface area contributed by atoms with Gasteiger partial charge in [-0.25, -0.2) is 0 Å². The zero-order valence-corrected chi connectivity index (χ0v) is 13.2. The summed E-state index contributed by atoms with van der Waals surface area (Å²) in [7, 11) is 3.96. The van der Waals surface area contributed by atoms with Crippen LogP contribution in [0.1, 0.15) is 16.6 Å². The maximum atomic E-state index is 4.29. The van der Waals surface area contributed by atoms with Gasteiger partial charge in [0.05, 0.1) is 22.4 Å². The van der Waals surface area contributed by atoms with Gasteiger partial charge in [0.15, 0.2) is 0 Å². The predicted octanol–water partition coefficient (Wildman–Crippen LogP) is 3.77. The van der Waals surface area contributed by atoms with Gasteiger partial charge < -0.3 is 5.32 Å². The number of hydrogen-bond acceptors (Lipinski definition) is 4. The van der Waals surface area contributed by atoms with E-state index in [0.717, 1.165) is 10.2 Å². The first-order valence-electron chi connectivity index (χ1n) is 5.52. The van der Waals surface area contributed by atoms with Crippen LogP contribution in [0.4, 0.5) is 0 Å². The van der Waals surface area contributed by atoms with Gasteiger partial charge in [-0.15, -0.1) is 22.7 Å². The molecule has 1 atom stereocenters. The van der Waals surface area contributed by atoms with Crippen molar-refractivity contribution in [2.75, 3.05) is 7.05 Å². The van der Waals surface area contributed by atoms with Crippen LogP contribution < -0.4 is 5.32 Å². The van der Waals surface area contributed by atoms with Gasteiger partial charge >= 0.3 is 0 Å². The van der Waals surface area contributed by atoms with Gasteiger partial charge in [-0.2, -0.15) is 5.10 Å². The lowest BCUT2D eigenvalue weighted by Gasteiger charge is -2.15. The van der Waals surface area contributed by atoms with Gasteiger partial charge in [0.25, 0.3) is 0 Å². The van der Waals surface area contributed by atoms with E-state index in [1.165, 1.54) is 14.3 Å². The van der Waals surface area contributed by atoms with E-state index in [4.69, 9.17) is 0 Å². The Labute approximate surface area is 122 Å². The van der Waals surface area contributed by atoms with Gasteiger partial charge in [0.1, 0.15) is 0 Å². The second-order valence-electron chi connectivity index (χ2n) is 4.02. The first-order chi connectivity index (χ1) is 8.70. The molecule has 0 aromatic carbocycles. The smallest absolute Gasteiger partial charge is 0.0851 e. The Hall–Kier alpha value is -0.690. The Balaban J connectivity index is 2.10. The molecular formula is C12H12BrN3S2. The molecule has 0 aliphatic heterocycles. The highest BCUT2D eigenvalue weighted by Gasteiger charge is 2.21. The molecule has 3 nitrogen and oxygen atoms in total. The SMILES string of the molecule is CNC(c1cc2sccc2s1)c1c(Br)cnn1C. The molecule has 0 amide bonds. The lowest BCUT2D eigenvalue weighted by Crippen LogP contribution is -2.20. The van der Waals surface area contributed by atoms with E-state index in [1.54, 1.807) is 11.3 Å². The Morgan fingerprint density at radius 1 is 1.44 bits per heavy atom. The molecule has 3 aromatic heterocycles. The zero-order valence-electron chi connectivity index (χ0n) is 9.98. The van der Waals surface area contributed by atoms with Gasteiger partial charge in [0, 0.05) is 21.3 Å². The molecule has 1 N–H and O–H groups in total. The molecular weight excluding hydrogens is 330 g/mol. The van der Waals surface area contributed by atoms with E-state index in [9.17, 15) is 0 Å². The van der Waals surface area contributed by atoms with Crippen LogP contribution in [0, 0.1) is 0 Å². The number of rotatable bonds is 3. The van der Waals surface area contributed by atoms with Crippen molar-refractivity contribution in [2.45, 2.75) is 6.04 Å². The molecule has 0 saturated heterocycles. The van der Waals surface area contributed by atoms with Crippen LogP contribution in [0.25, 0.3) is 9.40 Å². The fourth-order valence-corrected chi connectivity index (χ4v) is 4.90. The van der Waals surface area contributed by atoms with Crippen LogP contribution in [0.5, 0.6) is 0 Å². The third-order valence-electron chi connectivity index (χ3n) is 2.94. The van der Waals surface area contributed by atoms with Crippen LogP contribution >= 0.6 is 38.6 Å². The Bertz CT molecular complexity index is 634. The topological polar surface area (TPSA) is 29.9 Å². The third-order valence-corrected chi connectivity index (χ3v) is 5.71. The van der Waals surface area contributed by atoms with Crippen LogP contribution in [0.15, 0.2) is 28.2 Å². The van der Waals surface area contributed by atoms with Gasteiger partial charge in [-0.05, 0) is 40.5 Å². The monoisotopic (exact) mass is 341 g/mol. The molecule has 3 rings (SSSR count). The van der Waals surface area contributed by atoms with E-state index in [2.05, 4.69) is 43.9 Å². The van der Waals surface area contributed by atoms with Crippen molar-refractivity contribution < 1.29 is 0 Å². The lowest BCUT2D eigenvalue weighted by molar-refractivity contribution is 0.611. The second kappa shape index (κ2) is 4.77. The summed E-state index contributed by atoms with van der Waals surface area (Å²) >= 11 is 7.20. The highest BCUT2D eigenvalue weighted by Crippen LogP contribution is 2.37. The molecule has 6 heteroatoms. The third kappa shape index (κ3) is 1.93. The molecule has 0 aliphatic rings. The summed E-state index contributed by atoms with van der Waals surface area (Å²) in [6.45, 7) is 0. The van der Waals surface area contributed by atoms with Crippen molar-refractivity contribution in [3.63, 3.8) is 0 Å². The Morgan fingerprint density at radius 3 is 2.89 bits per heavy atom. The van der Waals surface area contributed by atoms with E-state index in [0.29, 0.717) is 0 Å². The summed E-state index contributed by atoms with van der Waals surface area (Å²) in [6.07, 6.45) is 1.84. The van der Waals surface area contributed by atoms with Crippen molar-refractivity contribution in [1.82, 2.24) is 15.1 Å². The van der Waals surface area contributed by atoms with Crippen molar-refractivity contribution >= 4 is 48.0 Å². The molecule has 3 aromatic rings. The van der Waals surface area contributed by atoms with E-state index >= 15 is 0 Å². The number of halogens is 1. The minimum absolute atomic E-state index is 0.177. The van der Waals surface area contributed by atoms with Crippen molar-refractivity contribution in [3.05, 3.63) is 38.8 Å². The predicted molar refractivity (Wildman–Crippen MR) is 81.5 cm³/mol. The average molecular weight is 342 g/mol. The fourth-order valence-electron chi connectivity index (χ4n) is 2.09. The first-order valence-corrected chi connectivity index (χ1v) is 8.01. The Morgan fingerprint density at radius 2 is 2.28 bits per heavy atom. The molecule has 0 bridgehead atoms. The molecule has 18 heavy (non-hydrogen) atoms. The number of aryl methyl sites for hydroxylation is 1. The Kier molecular flexibility index (Phi) is 3.27. The number of thiophene rings is 2. The molecule has 1 unspecified atom stereocenters. The van der Waals surface area contributed by atoms with Crippen molar-refractivity contribution in [1.29, 1.82) is 0 Å². The number of hydrogen-bond donors (Lipinski definition) is 1. The quantitative estimate of drug-likeness (QED) is 0.785. The first kappa shape index (κ1) is 12.3. The maximum Gasteiger partial charge on any atom is 0.0851 e. The minimum Gasteiger partial charge on any atom is -0.307 e. The molecule has 0 spiro atoms. The highest BCUT2D eigenvalue weighted by molar-refractivity contribution is 9.10. The van der Waals surface area contributed by atoms with Gasteiger partial charge in [-0.3, -0.25) is 4.68 Å². The minimum atomic E-state index is 0.177. The van der Waals surface area contributed by atoms with Crippen LogP contribution in [0.2, 0.25) is 0 Å². The number of aromatic nitrogens is 2. The maximum absolute atomic E-state index is 4.29. The summed E-state index contributed by atoms with van der Waals surface area (Å²) in [5, 5.41) is 9.80. The normalized spacial score (nSPS) is 13.3. The summed E-state index contributed by atoms with van der Waals surface area (Å²) in [6, 6.07) is 4.63. The second-order valence-corrected chi connectivity index (χ2v) is 6.94. The van der Waals surface area contributed by atoms with E-state index < -0.39 is 0 Å². The molecule has 0 saturated carbocycles. The summed E-state index contributed by atoms with van der Waals surface area (Å²) in [5.41, 5.74) is 1.16. The standard InChI is InChI=1S/C12H12BrN3S2/c1-14-11(12-7(13)6-15-16(12)2)10-5-9-8(18-10)3-4-17-9/h3-6,11,14H,1-2H3. The average Bonchev–Trinajstić information content (AvgIpc) is 2.99. The van der Waals surface area contributed by atoms with Gasteiger partial charge in [0.2, 0.25) is 0 Å². The largest absolute Gasteiger partial charge is 0.307 e. The van der Waals surface area contributed by atoms with E-state index in [-0.39, 0.29) is 6.04 Å². The summed E-state index contributed by atoms with van der Waals surface area (Å²) in [4.78, 5) is 1.32. The van der Waals surface area contributed by atoms with Crippen LogP contribution in [-0.2, 0) is 7.05 Å². The molecule has 0 aliphatic carbocycles.